The summed E-state index contributed by atoms with van der Waals surface area (Å²) in [6.07, 6.45) is 0.290. The van der Waals surface area contributed by atoms with Crippen LogP contribution in [-0.2, 0) is 44.5 Å². The lowest BCUT2D eigenvalue weighted by atomic mass is 9.99. The zero-order valence-corrected chi connectivity index (χ0v) is 38.5. The van der Waals surface area contributed by atoms with Crippen LogP contribution in [0.1, 0.15) is 90.7 Å². The van der Waals surface area contributed by atoms with Gasteiger partial charge < -0.3 is 41.0 Å². The molecule has 6 unspecified atom stereocenters. The Morgan fingerprint density at radius 3 is 1.95 bits per heavy atom. The summed E-state index contributed by atoms with van der Waals surface area (Å²) in [5, 5.41) is 7.48. The maximum atomic E-state index is 13.5. The van der Waals surface area contributed by atoms with Gasteiger partial charge in [0.1, 0.15) is 42.2 Å². The van der Waals surface area contributed by atoms with Crippen LogP contribution in [0.15, 0.2) is 42.5 Å². The monoisotopic (exact) mass is 927 g/mol. The average molecular weight is 928 g/mol. The van der Waals surface area contributed by atoms with Crippen LogP contribution in [-0.4, -0.2) is 128 Å². The van der Waals surface area contributed by atoms with Crippen molar-refractivity contribution in [3.63, 3.8) is 0 Å². The van der Waals surface area contributed by atoms with E-state index in [1.165, 1.54) is 24.3 Å². The van der Waals surface area contributed by atoms with E-state index < -0.39 is 47.6 Å². The lowest BCUT2D eigenvalue weighted by Gasteiger charge is -2.38. The van der Waals surface area contributed by atoms with Crippen LogP contribution in [0, 0.1) is 24.5 Å². The molecule has 0 aliphatic carbocycles. The molecule has 0 spiro atoms. The molecular weight excluding hydrogens is 862 g/mol. The number of carbonyl (C=O) groups excluding carboxylic acids is 7. The van der Waals surface area contributed by atoms with Gasteiger partial charge in [0, 0.05) is 31.4 Å². The van der Waals surface area contributed by atoms with Gasteiger partial charge in [-0.15, -0.1) is 0 Å². The van der Waals surface area contributed by atoms with Crippen LogP contribution in [0.3, 0.4) is 0 Å². The number of piperidine rings is 1. The van der Waals surface area contributed by atoms with Gasteiger partial charge in [-0.3, -0.25) is 33.7 Å². The number of alkyl halides is 3. The van der Waals surface area contributed by atoms with Crippen molar-refractivity contribution in [3.05, 3.63) is 65.2 Å². The number of aldehydes is 1. The van der Waals surface area contributed by atoms with E-state index >= 15 is 0 Å². The van der Waals surface area contributed by atoms with Gasteiger partial charge in [0.25, 0.3) is 0 Å². The summed E-state index contributed by atoms with van der Waals surface area (Å²) < 4.78 is 66.0. The van der Waals surface area contributed by atoms with Crippen molar-refractivity contribution in [2.24, 2.45) is 11.7 Å². The van der Waals surface area contributed by atoms with Crippen molar-refractivity contribution in [2.75, 3.05) is 45.6 Å². The van der Waals surface area contributed by atoms with E-state index in [1.54, 1.807) is 37.6 Å². The Bertz CT molecular complexity index is 1790. The topological polar surface area (TPSA) is 201 Å². The molecule has 3 aliphatic heterocycles. The molecule has 0 bridgehead atoms. The fourth-order valence-electron chi connectivity index (χ4n) is 7.24. The number of hydrogen-bond donors (Lipinski definition) is 4. The number of primary amides is 1. The number of amides is 5. The third kappa shape index (κ3) is 20.5. The van der Waals surface area contributed by atoms with Gasteiger partial charge in [0.2, 0.25) is 30.0 Å². The normalized spacial score (nSPS) is 20.0. The fourth-order valence-corrected chi connectivity index (χ4v) is 7.24. The number of nitrogens with one attached hydrogen (secondary N) is 3. The molecule has 6 atom stereocenters. The van der Waals surface area contributed by atoms with E-state index in [0.717, 1.165) is 44.0 Å². The molecule has 65 heavy (non-hydrogen) atoms. The van der Waals surface area contributed by atoms with Crippen molar-refractivity contribution in [1.29, 1.82) is 0 Å². The number of esters is 1. The van der Waals surface area contributed by atoms with Gasteiger partial charge in [0.05, 0.1) is 24.6 Å². The molecule has 364 valence electrons. The smallest absolute Gasteiger partial charge is 0.416 e. The molecule has 20 heteroatoms. The summed E-state index contributed by atoms with van der Waals surface area (Å²) in [5.41, 5.74) is 4.91. The Hall–Kier alpha value is -5.50. The van der Waals surface area contributed by atoms with E-state index in [9.17, 15) is 55.5 Å². The molecule has 5 N–H and O–H groups in total. The third-order valence-electron chi connectivity index (χ3n) is 10.1. The maximum absolute atomic E-state index is 13.5. The molecule has 5 amide bonds. The molecule has 2 aromatic rings. The van der Waals surface area contributed by atoms with E-state index in [1.807, 2.05) is 25.8 Å². The maximum Gasteiger partial charge on any atom is 0.416 e. The SMILES string of the molecule is CC.CC1CC(C(=O)OC(C)CC(=O)N2CCCC2C(=O)N2CCCCC2C(=O)NC(C)C=O)N(C)C1.CNCC(N)=O.Cc1cc(F)cc(F)c1.O=CNc1ccc(C(F)(F)F)cc1. The number of anilines is 1. The van der Waals surface area contributed by atoms with Crippen molar-refractivity contribution in [2.45, 2.75) is 123 Å². The largest absolute Gasteiger partial charge is 0.461 e. The van der Waals surface area contributed by atoms with Crippen molar-refractivity contribution < 1.29 is 60.3 Å². The minimum atomic E-state index is -4.33. The first kappa shape index (κ1) is 57.5. The molecule has 0 radical (unpaired) electrons. The number of carbonyl (C=O) groups is 7. The fraction of sp³-hybridized carbons (Fsp3) is 0.578. The van der Waals surface area contributed by atoms with Gasteiger partial charge in [-0.2, -0.15) is 13.2 Å². The second-order valence-corrected chi connectivity index (χ2v) is 15.8. The number of likely N-dealkylation sites (N-methyl/N-ethyl adjacent to an activating group) is 2. The zero-order chi connectivity index (χ0) is 49.4. The molecule has 15 nitrogen and oxygen atoms in total. The number of benzene rings is 2. The average Bonchev–Trinajstić information content (AvgIpc) is 3.87. The van der Waals surface area contributed by atoms with E-state index in [4.69, 9.17) is 10.5 Å². The van der Waals surface area contributed by atoms with Gasteiger partial charge in [-0.1, -0.05) is 20.8 Å². The van der Waals surface area contributed by atoms with E-state index in [-0.39, 0.29) is 48.6 Å². The Labute approximate surface area is 378 Å². The summed E-state index contributed by atoms with van der Waals surface area (Å²) in [4.78, 5) is 87.7. The highest BCUT2D eigenvalue weighted by Crippen LogP contribution is 2.30. The molecule has 3 fully saturated rings. The van der Waals surface area contributed by atoms with Crippen LogP contribution in [0.4, 0.5) is 27.6 Å². The van der Waals surface area contributed by atoms with Crippen molar-refractivity contribution in [1.82, 2.24) is 25.3 Å². The van der Waals surface area contributed by atoms with Gasteiger partial charge in [0.15, 0.2) is 0 Å². The third-order valence-corrected chi connectivity index (χ3v) is 10.1. The lowest BCUT2D eigenvalue weighted by molar-refractivity contribution is -0.156. The first-order valence-electron chi connectivity index (χ1n) is 21.6. The van der Waals surface area contributed by atoms with Crippen LogP contribution < -0.4 is 21.7 Å². The number of nitrogens with two attached hydrogens (primary N) is 1. The standard InChI is InChI=1S/C25H40N4O6.C8H6F3NO.C7H6F2.C3H8N2O.C2H6/c1-16-12-21(27(4)14-16)25(34)35-18(3)13-22(31)28-11-7-9-20(28)24(33)29-10-6-5-8-19(29)23(32)26-17(2)15-30;9-8(10,11)6-1-3-7(4-2-6)12-5-13;1-5-2-6(8)4-7(9)3-5;1-5-2-3(4)6;1-2/h15-21H,5-14H2,1-4H3,(H,26,32);1-5H,(H,12,13);2-4H,1H3;5H,2H2,1H3,(H2,4,6);1-2H3. The first-order chi connectivity index (χ1) is 30.6. The number of aryl methyl sites for hydroxylation is 1. The Balaban J connectivity index is 0.000000567. The second-order valence-electron chi connectivity index (χ2n) is 15.8. The summed E-state index contributed by atoms with van der Waals surface area (Å²) in [7, 11) is 3.57. The number of ether oxygens (including phenoxy) is 1. The molecule has 0 saturated carbocycles. The number of likely N-dealkylation sites (tertiary alicyclic amines) is 3. The molecule has 3 heterocycles. The summed E-state index contributed by atoms with van der Waals surface area (Å²) in [6, 6.07) is 5.45. The van der Waals surface area contributed by atoms with Crippen LogP contribution in [0.5, 0.6) is 0 Å². The minimum Gasteiger partial charge on any atom is -0.461 e. The Morgan fingerprint density at radius 1 is 0.892 bits per heavy atom. The minimum absolute atomic E-state index is 0.0161. The highest BCUT2D eigenvalue weighted by atomic mass is 19.4. The molecular formula is C45H66F5N7O8. The summed E-state index contributed by atoms with van der Waals surface area (Å²) in [6.45, 7) is 13.1. The summed E-state index contributed by atoms with van der Waals surface area (Å²) >= 11 is 0. The Kier molecular flexibility index (Phi) is 25.8. The Morgan fingerprint density at radius 2 is 1.48 bits per heavy atom. The molecule has 2 aromatic carbocycles. The predicted octanol–water partition coefficient (Wildman–Crippen LogP) is 4.99. The quantitative estimate of drug-likeness (QED) is 0.128. The predicted molar refractivity (Wildman–Crippen MR) is 235 cm³/mol. The van der Waals surface area contributed by atoms with Crippen LogP contribution in [0.2, 0.25) is 0 Å². The lowest BCUT2D eigenvalue weighted by Crippen LogP contribution is -2.58. The number of rotatable bonds is 12. The molecule has 3 aliphatic rings. The van der Waals surface area contributed by atoms with Gasteiger partial charge >= 0.3 is 12.1 Å². The van der Waals surface area contributed by atoms with E-state index in [0.29, 0.717) is 62.2 Å². The van der Waals surface area contributed by atoms with Crippen LogP contribution >= 0.6 is 0 Å². The van der Waals surface area contributed by atoms with E-state index in [2.05, 4.69) is 22.9 Å². The van der Waals surface area contributed by atoms with Crippen LogP contribution in [0.25, 0.3) is 0 Å². The first-order valence-corrected chi connectivity index (χ1v) is 21.6. The number of halogens is 5. The second kappa shape index (κ2) is 29.1. The molecule has 0 aromatic heterocycles. The van der Waals surface area contributed by atoms with Gasteiger partial charge in [-0.25, -0.2) is 8.78 Å². The number of hydrogen-bond acceptors (Lipinski definition) is 10. The number of nitrogens with zero attached hydrogens (tertiary/aromatic N) is 3. The highest BCUT2D eigenvalue weighted by molar-refractivity contribution is 5.93. The molecule has 5 rings (SSSR count). The highest BCUT2D eigenvalue weighted by Gasteiger charge is 2.42. The molecule has 3 saturated heterocycles. The summed E-state index contributed by atoms with van der Waals surface area (Å²) in [5.74, 6) is -2.02. The van der Waals surface area contributed by atoms with Crippen molar-refractivity contribution in [3.8, 4) is 0 Å². The van der Waals surface area contributed by atoms with Crippen molar-refractivity contribution >= 4 is 48.0 Å². The zero-order valence-electron chi connectivity index (χ0n) is 38.5. The van der Waals surface area contributed by atoms with Gasteiger partial charge in [-0.05, 0) is 121 Å².